The van der Waals surface area contributed by atoms with E-state index in [1.54, 1.807) is 24.1 Å². The summed E-state index contributed by atoms with van der Waals surface area (Å²) in [7, 11) is 1.75. The van der Waals surface area contributed by atoms with Crippen LogP contribution < -0.4 is 0 Å². The quantitative estimate of drug-likeness (QED) is 0.863. The van der Waals surface area contributed by atoms with Crippen LogP contribution in [0.2, 0.25) is 0 Å². The van der Waals surface area contributed by atoms with Gasteiger partial charge in [-0.05, 0) is 34.5 Å². The minimum Gasteiger partial charge on any atom is -0.478 e. The zero-order valence-corrected chi connectivity index (χ0v) is 12.4. The molecule has 2 aromatic rings. The molecule has 0 aliphatic carbocycles. The molecular weight excluding hydrogens is 294 g/mol. The average molecular weight is 307 g/mol. The molecule has 2 aromatic heterocycles. The highest BCUT2D eigenvalue weighted by Gasteiger charge is 2.12. The molecule has 0 saturated carbocycles. The average Bonchev–Trinajstić information content (AvgIpc) is 3.06. The molecule has 0 saturated heterocycles. The highest BCUT2D eigenvalue weighted by molar-refractivity contribution is 7.11. The van der Waals surface area contributed by atoms with E-state index >= 15 is 0 Å². The number of nitrogens with zero attached hydrogens (tertiary/aromatic N) is 1. The van der Waals surface area contributed by atoms with Crippen molar-refractivity contribution in [2.75, 3.05) is 7.05 Å². The van der Waals surface area contributed by atoms with Gasteiger partial charge >= 0.3 is 5.97 Å². The van der Waals surface area contributed by atoms with Crippen LogP contribution in [0.15, 0.2) is 34.3 Å². The number of carbonyl (C=O) groups excluding carboxylic acids is 1. The monoisotopic (exact) mass is 307 g/mol. The lowest BCUT2D eigenvalue weighted by atomic mass is 10.2. The van der Waals surface area contributed by atoms with Crippen LogP contribution in [0, 0.1) is 0 Å². The number of aliphatic carboxylic acids is 1. The molecule has 2 heterocycles. The summed E-state index contributed by atoms with van der Waals surface area (Å²) >= 11 is 2.95. The molecule has 2 rings (SSSR count). The number of amides is 1. The summed E-state index contributed by atoms with van der Waals surface area (Å²) in [6, 6.07) is 3.69. The summed E-state index contributed by atoms with van der Waals surface area (Å²) in [6.07, 6.45) is 2.66. The van der Waals surface area contributed by atoms with Gasteiger partial charge < -0.3 is 10.0 Å². The minimum atomic E-state index is -0.968. The first-order valence-corrected chi connectivity index (χ1v) is 7.64. The Morgan fingerprint density at radius 1 is 1.40 bits per heavy atom. The number of thiophene rings is 2. The maximum Gasteiger partial charge on any atom is 0.328 e. The van der Waals surface area contributed by atoms with Gasteiger partial charge in [0.05, 0.1) is 5.56 Å². The number of hydrogen-bond acceptors (Lipinski definition) is 4. The third kappa shape index (κ3) is 3.79. The highest BCUT2D eigenvalue weighted by Crippen LogP contribution is 2.18. The number of carboxylic acids is 1. The van der Waals surface area contributed by atoms with Gasteiger partial charge in [0.25, 0.3) is 5.91 Å². The van der Waals surface area contributed by atoms with E-state index in [2.05, 4.69) is 0 Å². The fourth-order valence-electron chi connectivity index (χ4n) is 1.67. The zero-order chi connectivity index (χ0) is 14.5. The third-order valence-electron chi connectivity index (χ3n) is 2.60. The molecule has 0 fully saturated rings. The second-order valence-corrected chi connectivity index (χ2v) is 5.92. The van der Waals surface area contributed by atoms with E-state index in [1.807, 2.05) is 22.2 Å². The van der Waals surface area contributed by atoms with E-state index in [9.17, 15) is 9.59 Å². The lowest BCUT2D eigenvalue weighted by Crippen LogP contribution is -2.25. The molecule has 1 amide bonds. The van der Waals surface area contributed by atoms with Crippen molar-refractivity contribution in [2.45, 2.75) is 6.54 Å². The summed E-state index contributed by atoms with van der Waals surface area (Å²) in [6.45, 7) is 0.506. The molecule has 0 aromatic carbocycles. The van der Waals surface area contributed by atoms with Crippen molar-refractivity contribution in [1.82, 2.24) is 4.90 Å². The van der Waals surface area contributed by atoms with Crippen molar-refractivity contribution in [1.29, 1.82) is 0 Å². The molecule has 0 spiro atoms. The van der Waals surface area contributed by atoms with Gasteiger partial charge in [0.1, 0.15) is 0 Å². The SMILES string of the molecule is CN(Cc1csc(C=CC(=O)O)c1)C(=O)c1ccsc1. The van der Waals surface area contributed by atoms with Gasteiger partial charge in [-0.1, -0.05) is 0 Å². The first-order valence-electron chi connectivity index (χ1n) is 5.82. The van der Waals surface area contributed by atoms with E-state index < -0.39 is 5.97 Å². The molecule has 104 valence electrons. The van der Waals surface area contributed by atoms with Crippen molar-refractivity contribution in [3.05, 3.63) is 50.4 Å². The van der Waals surface area contributed by atoms with Crippen LogP contribution in [0.5, 0.6) is 0 Å². The summed E-state index contributed by atoms with van der Waals surface area (Å²) in [5, 5.41) is 14.2. The van der Waals surface area contributed by atoms with Gasteiger partial charge in [-0.3, -0.25) is 4.79 Å². The van der Waals surface area contributed by atoms with E-state index in [4.69, 9.17) is 5.11 Å². The molecule has 0 unspecified atom stereocenters. The number of carbonyl (C=O) groups is 2. The predicted molar refractivity (Wildman–Crippen MR) is 81.1 cm³/mol. The zero-order valence-electron chi connectivity index (χ0n) is 10.8. The van der Waals surface area contributed by atoms with E-state index in [0.717, 1.165) is 16.5 Å². The number of hydrogen-bond donors (Lipinski definition) is 1. The second-order valence-electron chi connectivity index (χ2n) is 4.20. The van der Waals surface area contributed by atoms with Gasteiger partial charge in [-0.25, -0.2) is 4.79 Å². The molecule has 1 N–H and O–H groups in total. The lowest BCUT2D eigenvalue weighted by molar-refractivity contribution is -0.131. The molecule has 0 bridgehead atoms. The third-order valence-corrected chi connectivity index (χ3v) is 4.23. The Morgan fingerprint density at radius 2 is 2.20 bits per heavy atom. The van der Waals surface area contributed by atoms with Crippen LogP contribution in [-0.2, 0) is 11.3 Å². The summed E-state index contributed by atoms with van der Waals surface area (Å²) in [4.78, 5) is 25.0. The molecule has 20 heavy (non-hydrogen) atoms. The topological polar surface area (TPSA) is 57.6 Å². The Labute approximate surface area is 124 Å². The Kier molecular flexibility index (Phi) is 4.70. The maximum atomic E-state index is 12.1. The fraction of sp³-hybridized carbons (Fsp3) is 0.143. The van der Waals surface area contributed by atoms with Crippen LogP contribution in [-0.4, -0.2) is 28.9 Å². The summed E-state index contributed by atoms with van der Waals surface area (Å²) in [5.41, 5.74) is 1.69. The smallest absolute Gasteiger partial charge is 0.328 e. The van der Waals surface area contributed by atoms with Crippen molar-refractivity contribution in [2.24, 2.45) is 0 Å². The van der Waals surface area contributed by atoms with Gasteiger partial charge in [-0.15, -0.1) is 11.3 Å². The molecule has 0 aliphatic rings. The maximum absolute atomic E-state index is 12.1. The second kappa shape index (κ2) is 6.49. The molecule has 0 aliphatic heterocycles. The molecule has 6 heteroatoms. The normalized spacial score (nSPS) is 10.8. The van der Waals surface area contributed by atoms with Gasteiger partial charge in [0, 0.05) is 29.9 Å². The Morgan fingerprint density at radius 3 is 2.85 bits per heavy atom. The standard InChI is InChI=1S/C14H13NO3S2/c1-15(14(18)11-4-5-19-9-11)7-10-6-12(20-8-10)2-3-13(16)17/h2-6,8-9H,7H2,1H3,(H,16,17). The van der Waals surface area contributed by atoms with Crippen LogP contribution in [0.3, 0.4) is 0 Å². The Balaban J connectivity index is 2.00. The fourth-order valence-corrected chi connectivity index (χ4v) is 3.10. The number of rotatable bonds is 5. The lowest BCUT2D eigenvalue weighted by Gasteiger charge is -2.15. The largest absolute Gasteiger partial charge is 0.478 e. The van der Waals surface area contributed by atoms with Crippen molar-refractivity contribution in [3.8, 4) is 0 Å². The Hall–Kier alpha value is -1.92. The van der Waals surface area contributed by atoms with Crippen LogP contribution >= 0.6 is 22.7 Å². The molecule has 4 nitrogen and oxygen atoms in total. The first-order chi connectivity index (χ1) is 9.56. The predicted octanol–water partition coefficient (Wildman–Crippen LogP) is 3.18. The van der Waals surface area contributed by atoms with Crippen LogP contribution in [0.1, 0.15) is 20.8 Å². The summed E-state index contributed by atoms with van der Waals surface area (Å²) < 4.78 is 0. The van der Waals surface area contributed by atoms with Gasteiger partial charge in [-0.2, -0.15) is 11.3 Å². The van der Waals surface area contributed by atoms with Gasteiger partial charge in [0.2, 0.25) is 0 Å². The first kappa shape index (κ1) is 14.5. The van der Waals surface area contributed by atoms with Crippen molar-refractivity contribution in [3.63, 3.8) is 0 Å². The van der Waals surface area contributed by atoms with Crippen molar-refractivity contribution >= 4 is 40.6 Å². The van der Waals surface area contributed by atoms with Crippen LogP contribution in [0.4, 0.5) is 0 Å². The van der Waals surface area contributed by atoms with E-state index in [-0.39, 0.29) is 5.91 Å². The molecule has 0 radical (unpaired) electrons. The minimum absolute atomic E-state index is 0.0138. The molecular formula is C14H13NO3S2. The Bertz CT molecular complexity index is 629. The summed E-state index contributed by atoms with van der Waals surface area (Å²) in [5.74, 6) is -0.982. The van der Waals surface area contributed by atoms with Gasteiger partial charge in [0.15, 0.2) is 0 Å². The van der Waals surface area contributed by atoms with Crippen molar-refractivity contribution < 1.29 is 14.7 Å². The highest BCUT2D eigenvalue weighted by atomic mass is 32.1. The number of carboxylic acid groups (broad SMARTS) is 1. The van der Waals surface area contributed by atoms with E-state index in [1.165, 1.54) is 22.7 Å². The molecule has 0 atom stereocenters. The van der Waals surface area contributed by atoms with Crippen LogP contribution in [0.25, 0.3) is 6.08 Å². The van der Waals surface area contributed by atoms with E-state index in [0.29, 0.717) is 12.1 Å².